The predicted octanol–water partition coefficient (Wildman–Crippen LogP) is 2.06. The molecule has 6 nitrogen and oxygen atoms in total. The molecule has 6 heteroatoms. The van der Waals surface area contributed by atoms with Crippen LogP contribution in [-0.4, -0.2) is 40.3 Å². The fourth-order valence-corrected chi connectivity index (χ4v) is 3.02. The molecule has 1 unspecified atom stereocenters. The molecule has 2 aromatic rings. The van der Waals surface area contributed by atoms with E-state index in [2.05, 4.69) is 26.2 Å². The Morgan fingerprint density at radius 3 is 3.14 bits per heavy atom. The van der Waals surface area contributed by atoms with Crippen LogP contribution in [0.4, 0.5) is 0 Å². The molecule has 1 aliphatic rings. The number of piperidine rings is 1. The second kappa shape index (κ2) is 6.58. The SMILES string of the molecule is COc1cc(C#N)ccc1CN1CCCC(c2ncn[nH]2)C1. The number of methoxy groups -OCH3 is 1. The third-order valence-corrected chi connectivity index (χ3v) is 4.14. The maximum Gasteiger partial charge on any atom is 0.137 e. The van der Waals surface area contributed by atoms with Crippen molar-refractivity contribution in [3.05, 3.63) is 41.5 Å². The van der Waals surface area contributed by atoms with Crippen LogP contribution < -0.4 is 4.74 Å². The van der Waals surface area contributed by atoms with E-state index < -0.39 is 0 Å². The van der Waals surface area contributed by atoms with Crippen LogP contribution in [-0.2, 0) is 6.54 Å². The summed E-state index contributed by atoms with van der Waals surface area (Å²) in [6.45, 7) is 2.84. The number of aromatic amines is 1. The number of rotatable bonds is 4. The van der Waals surface area contributed by atoms with E-state index in [-0.39, 0.29) is 0 Å². The maximum atomic E-state index is 8.98. The number of hydrogen-bond acceptors (Lipinski definition) is 5. The van der Waals surface area contributed by atoms with Crippen LogP contribution in [0.25, 0.3) is 0 Å². The highest BCUT2D eigenvalue weighted by atomic mass is 16.5. The van der Waals surface area contributed by atoms with Crippen molar-refractivity contribution in [1.82, 2.24) is 20.1 Å². The van der Waals surface area contributed by atoms with Crippen molar-refractivity contribution in [1.29, 1.82) is 5.26 Å². The van der Waals surface area contributed by atoms with E-state index in [0.29, 0.717) is 11.5 Å². The van der Waals surface area contributed by atoms with Crippen LogP contribution >= 0.6 is 0 Å². The van der Waals surface area contributed by atoms with E-state index in [1.807, 2.05) is 12.1 Å². The molecule has 1 aromatic carbocycles. The summed E-state index contributed by atoms with van der Waals surface area (Å²) in [5.41, 5.74) is 1.73. The van der Waals surface area contributed by atoms with Gasteiger partial charge in [-0.25, -0.2) is 4.98 Å². The van der Waals surface area contributed by atoms with Gasteiger partial charge < -0.3 is 4.74 Å². The molecule has 1 aromatic heterocycles. The number of hydrogen-bond donors (Lipinski definition) is 1. The lowest BCUT2D eigenvalue weighted by Crippen LogP contribution is -2.34. The van der Waals surface area contributed by atoms with Gasteiger partial charge in [0.25, 0.3) is 0 Å². The molecule has 3 rings (SSSR count). The van der Waals surface area contributed by atoms with Gasteiger partial charge in [-0.15, -0.1) is 0 Å². The Morgan fingerprint density at radius 2 is 2.41 bits per heavy atom. The van der Waals surface area contributed by atoms with Crippen molar-refractivity contribution in [2.45, 2.75) is 25.3 Å². The normalized spacial score (nSPS) is 18.8. The summed E-state index contributed by atoms with van der Waals surface area (Å²) in [5.74, 6) is 2.15. The Kier molecular flexibility index (Phi) is 4.35. The van der Waals surface area contributed by atoms with Crippen molar-refractivity contribution < 1.29 is 4.74 Å². The second-order valence-electron chi connectivity index (χ2n) is 5.58. The number of likely N-dealkylation sites (tertiary alicyclic amines) is 1. The summed E-state index contributed by atoms with van der Waals surface area (Å²) >= 11 is 0. The van der Waals surface area contributed by atoms with E-state index in [1.165, 1.54) is 0 Å². The first-order valence-corrected chi connectivity index (χ1v) is 7.45. The van der Waals surface area contributed by atoms with Crippen LogP contribution in [0.5, 0.6) is 5.75 Å². The number of H-pyrrole nitrogens is 1. The minimum absolute atomic E-state index is 0.403. The highest BCUT2D eigenvalue weighted by Crippen LogP contribution is 2.27. The first-order valence-electron chi connectivity index (χ1n) is 7.45. The summed E-state index contributed by atoms with van der Waals surface area (Å²) in [6.07, 6.45) is 3.85. The molecular weight excluding hydrogens is 278 g/mol. The molecule has 114 valence electrons. The maximum absolute atomic E-state index is 8.98. The smallest absolute Gasteiger partial charge is 0.137 e. The van der Waals surface area contributed by atoms with Gasteiger partial charge >= 0.3 is 0 Å². The molecule has 1 fully saturated rings. The van der Waals surface area contributed by atoms with Crippen LogP contribution in [0.15, 0.2) is 24.5 Å². The number of nitrogens with zero attached hydrogens (tertiary/aromatic N) is 4. The largest absolute Gasteiger partial charge is 0.496 e. The van der Waals surface area contributed by atoms with E-state index in [9.17, 15) is 0 Å². The molecule has 0 saturated carbocycles. The first-order chi connectivity index (χ1) is 10.8. The molecule has 0 radical (unpaired) electrons. The second-order valence-corrected chi connectivity index (χ2v) is 5.58. The van der Waals surface area contributed by atoms with E-state index in [0.717, 1.165) is 49.6 Å². The Bertz CT molecular complexity index is 662. The van der Waals surface area contributed by atoms with Crippen LogP contribution in [0, 0.1) is 11.3 Å². The number of nitrogens with one attached hydrogen (secondary N) is 1. The van der Waals surface area contributed by atoms with Gasteiger partial charge in [0, 0.05) is 24.6 Å². The predicted molar refractivity (Wildman–Crippen MR) is 81.3 cm³/mol. The first kappa shape index (κ1) is 14.5. The van der Waals surface area contributed by atoms with E-state index in [4.69, 9.17) is 10.00 Å². The molecule has 1 atom stereocenters. The Hall–Kier alpha value is -2.39. The Labute approximate surface area is 129 Å². The molecule has 1 N–H and O–H groups in total. The third kappa shape index (κ3) is 3.10. The fourth-order valence-electron chi connectivity index (χ4n) is 3.02. The molecule has 0 aliphatic carbocycles. The topological polar surface area (TPSA) is 77.8 Å². The summed E-state index contributed by atoms with van der Waals surface area (Å²) in [5, 5.41) is 15.9. The standard InChI is InChI=1S/C16H19N5O/c1-22-15-7-12(8-17)4-5-13(15)9-21-6-2-3-14(10-21)16-18-11-19-20-16/h4-5,7,11,14H,2-3,6,9-10H2,1H3,(H,18,19,20). The van der Waals surface area contributed by atoms with Crippen molar-refractivity contribution in [3.8, 4) is 11.8 Å². The molecule has 1 saturated heterocycles. The highest BCUT2D eigenvalue weighted by Gasteiger charge is 2.24. The van der Waals surface area contributed by atoms with Gasteiger partial charge in [-0.1, -0.05) is 6.07 Å². The van der Waals surface area contributed by atoms with E-state index >= 15 is 0 Å². The monoisotopic (exact) mass is 297 g/mol. The molecular formula is C16H19N5O. The molecule has 1 aliphatic heterocycles. The third-order valence-electron chi connectivity index (χ3n) is 4.14. The molecule has 0 amide bonds. The lowest BCUT2D eigenvalue weighted by molar-refractivity contribution is 0.194. The molecule has 0 bridgehead atoms. The van der Waals surface area contributed by atoms with Gasteiger partial charge in [0.2, 0.25) is 0 Å². The summed E-state index contributed by atoms with van der Waals surface area (Å²) in [4.78, 5) is 6.69. The zero-order valence-electron chi connectivity index (χ0n) is 12.6. The summed E-state index contributed by atoms with van der Waals surface area (Å²) < 4.78 is 5.42. The van der Waals surface area contributed by atoms with Crippen LogP contribution in [0.2, 0.25) is 0 Å². The van der Waals surface area contributed by atoms with E-state index in [1.54, 1.807) is 19.5 Å². The molecule has 0 spiro atoms. The summed E-state index contributed by atoms with van der Waals surface area (Å²) in [7, 11) is 1.65. The van der Waals surface area contributed by atoms with Crippen LogP contribution in [0.3, 0.4) is 0 Å². The minimum Gasteiger partial charge on any atom is -0.496 e. The number of aromatic nitrogens is 3. The zero-order valence-corrected chi connectivity index (χ0v) is 12.6. The zero-order chi connectivity index (χ0) is 15.4. The average Bonchev–Trinajstić information content (AvgIpc) is 3.10. The molecule has 22 heavy (non-hydrogen) atoms. The average molecular weight is 297 g/mol. The number of ether oxygens (including phenoxy) is 1. The van der Waals surface area contributed by atoms with Gasteiger partial charge in [0.15, 0.2) is 0 Å². The van der Waals surface area contributed by atoms with Gasteiger partial charge in [-0.3, -0.25) is 10.00 Å². The minimum atomic E-state index is 0.403. The molecule has 2 heterocycles. The lowest BCUT2D eigenvalue weighted by atomic mass is 9.97. The van der Waals surface area contributed by atoms with Gasteiger partial charge in [-0.05, 0) is 31.5 Å². The van der Waals surface area contributed by atoms with Crippen molar-refractivity contribution in [2.75, 3.05) is 20.2 Å². The van der Waals surface area contributed by atoms with Crippen molar-refractivity contribution in [2.24, 2.45) is 0 Å². The number of benzene rings is 1. The highest BCUT2D eigenvalue weighted by molar-refractivity contribution is 5.42. The van der Waals surface area contributed by atoms with Crippen molar-refractivity contribution in [3.63, 3.8) is 0 Å². The summed E-state index contributed by atoms with van der Waals surface area (Å²) in [6, 6.07) is 7.77. The fraction of sp³-hybridized carbons (Fsp3) is 0.438. The quantitative estimate of drug-likeness (QED) is 0.934. The van der Waals surface area contributed by atoms with Crippen molar-refractivity contribution >= 4 is 0 Å². The Morgan fingerprint density at radius 1 is 1.50 bits per heavy atom. The van der Waals surface area contributed by atoms with Crippen LogP contribution in [0.1, 0.15) is 35.7 Å². The van der Waals surface area contributed by atoms with Gasteiger partial charge in [0.1, 0.15) is 17.9 Å². The Balaban J connectivity index is 1.71. The number of nitriles is 1. The van der Waals surface area contributed by atoms with Gasteiger partial charge in [0.05, 0.1) is 18.7 Å². The van der Waals surface area contributed by atoms with Gasteiger partial charge in [-0.2, -0.15) is 10.4 Å². The lowest BCUT2D eigenvalue weighted by Gasteiger charge is -2.31.